The number of esters is 1. The van der Waals surface area contributed by atoms with Gasteiger partial charge in [-0.3, -0.25) is 9.59 Å². The quantitative estimate of drug-likeness (QED) is 0.629. The summed E-state index contributed by atoms with van der Waals surface area (Å²) in [6, 6.07) is 7.66. The van der Waals surface area contributed by atoms with Gasteiger partial charge in [-0.1, -0.05) is 13.8 Å². The smallest absolute Gasteiger partial charge is 0.312 e. The van der Waals surface area contributed by atoms with Gasteiger partial charge >= 0.3 is 5.97 Å². The molecule has 0 bridgehead atoms. The molecule has 1 aromatic carbocycles. The molecule has 1 fully saturated rings. The Kier molecular flexibility index (Phi) is 4.56. The van der Waals surface area contributed by atoms with Gasteiger partial charge in [-0.2, -0.15) is 0 Å². The van der Waals surface area contributed by atoms with E-state index in [2.05, 4.69) is 0 Å². The first-order valence-electron chi connectivity index (χ1n) is 8.05. The number of benzene rings is 1. The SMILES string of the molecule is COC(=O)[C@]1(C)CC[C@H](C(=O)c2ccc(N(C)C)cc2)C1(C)C. The highest BCUT2D eigenvalue weighted by atomic mass is 16.5. The van der Waals surface area contributed by atoms with Crippen molar-refractivity contribution in [3.63, 3.8) is 0 Å². The average molecular weight is 317 g/mol. The molecule has 1 aromatic rings. The van der Waals surface area contributed by atoms with Crippen molar-refractivity contribution < 1.29 is 14.3 Å². The highest BCUT2D eigenvalue weighted by molar-refractivity contribution is 5.99. The Labute approximate surface area is 138 Å². The van der Waals surface area contributed by atoms with E-state index in [4.69, 9.17) is 4.74 Å². The lowest BCUT2D eigenvalue weighted by Crippen LogP contribution is -2.43. The molecule has 0 aliphatic heterocycles. The minimum atomic E-state index is -0.619. The first kappa shape index (κ1) is 17.5. The summed E-state index contributed by atoms with van der Waals surface area (Å²) in [6.07, 6.45) is 1.39. The number of hydrogen-bond donors (Lipinski definition) is 0. The summed E-state index contributed by atoms with van der Waals surface area (Å²) in [5.41, 5.74) is 0.720. The fraction of sp³-hybridized carbons (Fsp3) is 0.579. The molecule has 0 radical (unpaired) electrons. The highest BCUT2D eigenvalue weighted by Crippen LogP contribution is 2.57. The summed E-state index contributed by atoms with van der Waals surface area (Å²) in [7, 11) is 5.36. The number of methoxy groups -OCH3 is 1. The van der Waals surface area contributed by atoms with Crippen molar-refractivity contribution in [2.24, 2.45) is 16.7 Å². The fourth-order valence-corrected chi connectivity index (χ4v) is 3.67. The molecule has 0 saturated heterocycles. The van der Waals surface area contributed by atoms with Crippen LogP contribution >= 0.6 is 0 Å². The van der Waals surface area contributed by atoms with Crippen LogP contribution in [0.3, 0.4) is 0 Å². The largest absolute Gasteiger partial charge is 0.469 e. The van der Waals surface area contributed by atoms with Crippen molar-refractivity contribution in [1.29, 1.82) is 0 Å². The highest BCUT2D eigenvalue weighted by Gasteiger charge is 2.58. The molecule has 0 amide bonds. The number of anilines is 1. The van der Waals surface area contributed by atoms with Crippen LogP contribution in [0.15, 0.2) is 24.3 Å². The minimum Gasteiger partial charge on any atom is -0.469 e. The van der Waals surface area contributed by atoms with E-state index in [1.165, 1.54) is 7.11 Å². The average Bonchev–Trinajstić information content (AvgIpc) is 2.77. The van der Waals surface area contributed by atoms with E-state index in [0.717, 1.165) is 5.69 Å². The molecule has 2 atom stereocenters. The number of hydrogen-bond acceptors (Lipinski definition) is 4. The minimum absolute atomic E-state index is 0.118. The third-order valence-corrected chi connectivity index (χ3v) is 5.85. The summed E-state index contributed by atoms with van der Waals surface area (Å²) < 4.78 is 4.99. The first-order valence-corrected chi connectivity index (χ1v) is 8.05. The van der Waals surface area contributed by atoms with Gasteiger partial charge in [0, 0.05) is 31.3 Å². The second-order valence-electron chi connectivity index (χ2n) is 7.44. The summed E-state index contributed by atoms with van der Waals surface area (Å²) >= 11 is 0. The van der Waals surface area contributed by atoms with Crippen LogP contribution in [0.25, 0.3) is 0 Å². The van der Waals surface area contributed by atoms with Gasteiger partial charge in [-0.15, -0.1) is 0 Å². The van der Waals surface area contributed by atoms with Crippen molar-refractivity contribution in [3.05, 3.63) is 29.8 Å². The van der Waals surface area contributed by atoms with Gasteiger partial charge in [0.25, 0.3) is 0 Å². The Morgan fingerprint density at radius 3 is 2.17 bits per heavy atom. The summed E-state index contributed by atoms with van der Waals surface area (Å²) in [5, 5.41) is 0. The van der Waals surface area contributed by atoms with Crippen LogP contribution < -0.4 is 4.90 Å². The van der Waals surface area contributed by atoms with Crippen LogP contribution in [0, 0.1) is 16.7 Å². The molecular formula is C19H27NO3. The van der Waals surface area contributed by atoms with Crippen LogP contribution in [0.4, 0.5) is 5.69 Å². The predicted octanol–water partition coefficient (Wildman–Crippen LogP) is 3.55. The lowest BCUT2D eigenvalue weighted by molar-refractivity contribution is -0.157. The predicted molar refractivity (Wildman–Crippen MR) is 91.7 cm³/mol. The molecule has 126 valence electrons. The van der Waals surface area contributed by atoms with E-state index in [1.807, 2.05) is 64.0 Å². The molecular weight excluding hydrogens is 290 g/mol. The molecule has 0 heterocycles. The summed E-state index contributed by atoms with van der Waals surface area (Å²) in [6.45, 7) is 5.93. The normalized spacial score (nSPS) is 25.9. The van der Waals surface area contributed by atoms with E-state index < -0.39 is 10.8 Å². The van der Waals surface area contributed by atoms with Crippen molar-refractivity contribution in [2.75, 3.05) is 26.1 Å². The third-order valence-electron chi connectivity index (χ3n) is 5.85. The maximum absolute atomic E-state index is 13.0. The molecule has 4 nitrogen and oxygen atoms in total. The Bertz CT molecular complexity index is 604. The van der Waals surface area contributed by atoms with Gasteiger partial charge in [0.15, 0.2) is 5.78 Å². The van der Waals surface area contributed by atoms with E-state index in [-0.39, 0.29) is 17.7 Å². The lowest BCUT2D eigenvalue weighted by atomic mass is 9.64. The molecule has 0 spiro atoms. The zero-order chi connectivity index (χ0) is 17.4. The zero-order valence-corrected chi connectivity index (χ0v) is 15.0. The molecule has 0 N–H and O–H groups in total. The number of carbonyl (C=O) groups is 2. The van der Waals surface area contributed by atoms with Crippen LogP contribution in [-0.4, -0.2) is 33.0 Å². The van der Waals surface area contributed by atoms with Gasteiger partial charge in [0.1, 0.15) is 0 Å². The second kappa shape index (κ2) is 5.99. The summed E-state index contributed by atoms with van der Waals surface area (Å²) in [4.78, 5) is 27.2. The lowest BCUT2D eigenvalue weighted by Gasteiger charge is -2.38. The Morgan fingerprint density at radius 1 is 1.13 bits per heavy atom. The van der Waals surface area contributed by atoms with Gasteiger partial charge in [0.2, 0.25) is 0 Å². The monoisotopic (exact) mass is 317 g/mol. The van der Waals surface area contributed by atoms with Gasteiger partial charge in [-0.05, 0) is 49.4 Å². The molecule has 4 heteroatoms. The van der Waals surface area contributed by atoms with Gasteiger partial charge in [0.05, 0.1) is 12.5 Å². The number of Topliss-reactive ketones (excluding diaryl/α,β-unsaturated/α-hetero) is 1. The first-order chi connectivity index (χ1) is 10.6. The van der Waals surface area contributed by atoms with Gasteiger partial charge in [-0.25, -0.2) is 0 Å². The number of ketones is 1. The van der Waals surface area contributed by atoms with Crippen molar-refractivity contribution in [1.82, 2.24) is 0 Å². The molecule has 0 unspecified atom stereocenters. The van der Waals surface area contributed by atoms with Crippen LogP contribution in [0.2, 0.25) is 0 Å². The van der Waals surface area contributed by atoms with Crippen molar-refractivity contribution in [3.8, 4) is 0 Å². The standard InChI is InChI=1S/C19H27NO3/c1-18(2)15(11-12-19(18,3)17(22)23-6)16(21)13-7-9-14(10-8-13)20(4)5/h7-10,15H,11-12H2,1-6H3/t15-,19+/m1/s1. The Morgan fingerprint density at radius 2 is 1.70 bits per heavy atom. The van der Waals surface area contributed by atoms with Gasteiger partial charge < -0.3 is 9.64 Å². The number of carbonyl (C=O) groups excluding carboxylic acids is 2. The molecule has 1 aliphatic rings. The maximum Gasteiger partial charge on any atom is 0.312 e. The van der Waals surface area contributed by atoms with Crippen molar-refractivity contribution >= 4 is 17.4 Å². The molecule has 0 aromatic heterocycles. The molecule has 23 heavy (non-hydrogen) atoms. The number of nitrogens with zero attached hydrogens (tertiary/aromatic N) is 1. The van der Waals surface area contributed by atoms with E-state index >= 15 is 0 Å². The fourth-order valence-electron chi connectivity index (χ4n) is 3.67. The van der Waals surface area contributed by atoms with E-state index in [0.29, 0.717) is 18.4 Å². The van der Waals surface area contributed by atoms with Crippen LogP contribution in [0.1, 0.15) is 44.0 Å². The second-order valence-corrected chi connectivity index (χ2v) is 7.44. The molecule has 1 saturated carbocycles. The van der Waals surface area contributed by atoms with E-state index in [1.54, 1.807) is 0 Å². The zero-order valence-electron chi connectivity index (χ0n) is 15.0. The number of rotatable bonds is 4. The Balaban J connectivity index is 2.28. The number of ether oxygens (including phenoxy) is 1. The molecule has 1 aliphatic carbocycles. The summed E-state index contributed by atoms with van der Waals surface area (Å²) in [5.74, 6) is -0.273. The maximum atomic E-state index is 13.0. The van der Waals surface area contributed by atoms with Crippen molar-refractivity contribution in [2.45, 2.75) is 33.6 Å². The Hall–Kier alpha value is -1.84. The van der Waals surface area contributed by atoms with Crippen LogP contribution in [0.5, 0.6) is 0 Å². The van der Waals surface area contributed by atoms with E-state index in [9.17, 15) is 9.59 Å². The topological polar surface area (TPSA) is 46.6 Å². The van der Waals surface area contributed by atoms with Crippen LogP contribution in [-0.2, 0) is 9.53 Å². The third kappa shape index (κ3) is 2.75. The molecule has 2 rings (SSSR count).